The first-order valence-electron chi connectivity index (χ1n) is 16.8. The van der Waals surface area contributed by atoms with Crippen LogP contribution in [0.15, 0.2) is 66.7 Å². The number of ketones is 1. The smallest absolute Gasteiger partial charge is 0.328 e. The van der Waals surface area contributed by atoms with Crippen LogP contribution in [0.3, 0.4) is 0 Å². The van der Waals surface area contributed by atoms with E-state index in [1.165, 1.54) is 12.1 Å². The van der Waals surface area contributed by atoms with E-state index in [0.717, 1.165) is 22.4 Å². The molecule has 0 aliphatic carbocycles. The number of methoxy groups -OCH3 is 2. The SMILES string of the molecule is COc1ccc(C=CC(=O)O)c(C(C)(O[Si](C)(C)C)C(C[SiH3])(O[Si](C)(C)C)O[Si](C)(C)C)c1OC.O=C(c1ccccc1)c1ccc(O)cc1O. The van der Waals surface area contributed by atoms with Gasteiger partial charge in [-0.1, -0.05) is 36.4 Å². The summed E-state index contributed by atoms with van der Waals surface area (Å²) in [5.74, 6) is -1.65. The molecule has 1 atom stereocenters. The van der Waals surface area contributed by atoms with Crippen LogP contribution in [0.5, 0.6) is 23.0 Å². The minimum absolute atomic E-state index is 0.0675. The number of phenols is 2. The molecule has 3 N–H and O–H groups in total. The molecular weight excluding hydrogens is 717 g/mol. The molecule has 3 rings (SSSR count). The third-order valence-electron chi connectivity index (χ3n) is 7.37. The highest BCUT2D eigenvalue weighted by atomic mass is 28.4. The highest BCUT2D eigenvalue weighted by Gasteiger charge is 2.58. The van der Waals surface area contributed by atoms with Crippen molar-refractivity contribution in [3.63, 3.8) is 0 Å². The van der Waals surface area contributed by atoms with Gasteiger partial charge in [-0.05, 0) is 102 Å². The molecular formula is C37H56O10Si4. The third kappa shape index (κ3) is 12.0. The van der Waals surface area contributed by atoms with E-state index in [0.29, 0.717) is 34.2 Å². The van der Waals surface area contributed by atoms with Gasteiger partial charge in [0, 0.05) is 33.5 Å². The van der Waals surface area contributed by atoms with Crippen molar-refractivity contribution in [3.05, 3.63) is 89.0 Å². The molecule has 0 aromatic heterocycles. The molecule has 0 bridgehead atoms. The standard InChI is InChI=1S/C24H46O7Si4.C13H10O3/c1-23(29-33(4,5)6,24(17-32,30-34(7,8)9)31-35(10,11)12)21-18(14-16-20(25)26)13-15-19(27-2)22(21)28-3;14-10-6-7-11(12(15)8-10)13(16)9-4-2-1-3-5-9/h13-16H,17H2,1-12,32H3,(H,25,26);1-8,14-15H. The fourth-order valence-electron chi connectivity index (χ4n) is 5.81. The van der Waals surface area contributed by atoms with Crippen molar-refractivity contribution in [3.8, 4) is 23.0 Å². The van der Waals surface area contributed by atoms with Crippen LogP contribution in [0.1, 0.15) is 34.0 Å². The number of aliphatic carboxylic acids is 1. The number of carboxylic acid groups (broad SMARTS) is 1. The fourth-order valence-corrected chi connectivity index (χ4v) is 11.7. The van der Waals surface area contributed by atoms with Crippen molar-refractivity contribution in [2.75, 3.05) is 14.2 Å². The largest absolute Gasteiger partial charge is 0.508 e. The monoisotopic (exact) mass is 772 g/mol. The Morgan fingerprint density at radius 3 is 1.76 bits per heavy atom. The molecule has 0 spiro atoms. The van der Waals surface area contributed by atoms with Crippen LogP contribution < -0.4 is 9.47 Å². The molecule has 280 valence electrons. The number of phenolic OH excluding ortho intramolecular Hbond substituents is 2. The molecule has 1 unspecified atom stereocenters. The molecule has 14 heteroatoms. The average molecular weight is 773 g/mol. The quantitative estimate of drug-likeness (QED) is 0.0621. The summed E-state index contributed by atoms with van der Waals surface area (Å²) in [6, 6.07) is 16.9. The van der Waals surface area contributed by atoms with Crippen LogP contribution in [0, 0.1) is 0 Å². The van der Waals surface area contributed by atoms with E-state index in [4.69, 9.17) is 27.9 Å². The highest BCUT2D eigenvalue weighted by molar-refractivity contribution is 6.71. The molecule has 51 heavy (non-hydrogen) atoms. The molecule has 0 saturated heterocycles. The van der Waals surface area contributed by atoms with Gasteiger partial charge in [-0.25, -0.2) is 4.79 Å². The Hall–Kier alpha value is -3.51. The second-order valence-corrected chi connectivity index (χ2v) is 29.1. The van der Waals surface area contributed by atoms with Crippen molar-refractivity contribution in [2.24, 2.45) is 0 Å². The van der Waals surface area contributed by atoms with E-state index in [9.17, 15) is 19.8 Å². The van der Waals surface area contributed by atoms with Gasteiger partial charge < -0.3 is 38.1 Å². The van der Waals surface area contributed by atoms with Gasteiger partial charge in [-0.15, -0.1) is 0 Å². The lowest BCUT2D eigenvalue weighted by Crippen LogP contribution is -2.64. The van der Waals surface area contributed by atoms with Crippen LogP contribution in [0.25, 0.3) is 6.08 Å². The minimum Gasteiger partial charge on any atom is -0.508 e. The highest BCUT2D eigenvalue weighted by Crippen LogP contribution is 2.53. The topological polar surface area (TPSA) is 141 Å². The second kappa shape index (κ2) is 17.3. The summed E-state index contributed by atoms with van der Waals surface area (Å²) in [6.07, 6.45) is 2.70. The molecule has 3 aromatic carbocycles. The molecule has 0 radical (unpaired) electrons. The zero-order valence-corrected chi connectivity index (χ0v) is 37.3. The Balaban J connectivity index is 0.000000463. The van der Waals surface area contributed by atoms with Gasteiger partial charge >= 0.3 is 5.97 Å². The summed E-state index contributed by atoms with van der Waals surface area (Å²) >= 11 is 0. The van der Waals surface area contributed by atoms with Gasteiger partial charge in [-0.2, -0.15) is 0 Å². The summed E-state index contributed by atoms with van der Waals surface area (Å²) in [5, 5.41) is 28.1. The van der Waals surface area contributed by atoms with Crippen LogP contribution in [0.4, 0.5) is 0 Å². The third-order valence-corrected chi connectivity index (χ3v) is 11.2. The molecule has 0 heterocycles. The van der Waals surface area contributed by atoms with Crippen molar-refractivity contribution >= 4 is 53.0 Å². The summed E-state index contributed by atoms with van der Waals surface area (Å²) in [4.78, 5) is 23.4. The lowest BCUT2D eigenvalue weighted by atomic mass is 9.83. The molecule has 10 nitrogen and oxygen atoms in total. The van der Waals surface area contributed by atoms with E-state index in [1.807, 2.05) is 19.1 Å². The molecule has 0 aliphatic rings. The maximum Gasteiger partial charge on any atom is 0.328 e. The predicted octanol–water partition coefficient (Wildman–Crippen LogP) is 7.38. The predicted molar refractivity (Wildman–Crippen MR) is 214 cm³/mol. The summed E-state index contributed by atoms with van der Waals surface area (Å²) in [7, 11) is -2.59. The Morgan fingerprint density at radius 2 is 1.33 bits per heavy atom. The Labute approximate surface area is 309 Å². The first-order chi connectivity index (χ1) is 23.4. The second-order valence-electron chi connectivity index (χ2n) is 15.1. The van der Waals surface area contributed by atoms with Crippen molar-refractivity contribution in [1.29, 1.82) is 0 Å². The lowest BCUT2D eigenvalue weighted by molar-refractivity contribution is -0.230. The summed E-state index contributed by atoms with van der Waals surface area (Å²) in [6.45, 7) is 21.3. The average Bonchev–Trinajstić information content (AvgIpc) is 3.01. The number of carboxylic acids is 1. The van der Waals surface area contributed by atoms with E-state index in [1.54, 1.807) is 50.6 Å². The zero-order valence-electron chi connectivity index (χ0n) is 32.3. The number of hydrogen-bond donors (Lipinski definition) is 3. The number of hydrogen-bond acceptors (Lipinski definition) is 9. The zero-order chi connectivity index (χ0) is 39.0. The van der Waals surface area contributed by atoms with Gasteiger partial charge in [0.1, 0.15) is 17.1 Å². The first kappa shape index (κ1) is 43.7. The van der Waals surface area contributed by atoms with Gasteiger partial charge in [0.15, 0.2) is 48.0 Å². The maximum absolute atomic E-state index is 11.9. The van der Waals surface area contributed by atoms with Gasteiger partial charge in [0.2, 0.25) is 0 Å². The fraction of sp³-hybridized carbons (Fsp3) is 0.405. The van der Waals surface area contributed by atoms with Gasteiger partial charge in [-0.3, -0.25) is 4.79 Å². The first-order valence-corrected chi connectivity index (χ1v) is 28.4. The van der Waals surface area contributed by atoms with Crippen molar-refractivity contribution < 1.29 is 47.7 Å². The summed E-state index contributed by atoms with van der Waals surface area (Å²) < 4.78 is 32.7. The Bertz CT molecular complexity index is 1660. The van der Waals surface area contributed by atoms with E-state index < -0.39 is 42.3 Å². The van der Waals surface area contributed by atoms with Gasteiger partial charge in [0.25, 0.3) is 0 Å². The van der Waals surface area contributed by atoms with E-state index >= 15 is 0 Å². The molecule has 0 saturated carbocycles. The van der Waals surface area contributed by atoms with Crippen LogP contribution >= 0.6 is 0 Å². The molecule has 0 aliphatic heterocycles. The number of rotatable bonds is 15. The maximum atomic E-state index is 11.9. The number of carbonyl (C=O) groups excluding carboxylic acids is 1. The lowest BCUT2D eigenvalue weighted by Gasteiger charge is -2.55. The molecule has 0 fully saturated rings. The number of carbonyl (C=O) groups is 2. The number of ether oxygens (including phenoxy) is 2. The van der Waals surface area contributed by atoms with Crippen molar-refractivity contribution in [1.82, 2.24) is 0 Å². The molecule has 3 aromatic rings. The van der Waals surface area contributed by atoms with Crippen LogP contribution in [-0.2, 0) is 23.7 Å². The molecule has 0 amide bonds. The van der Waals surface area contributed by atoms with E-state index in [2.05, 4.69) is 58.9 Å². The normalized spacial score (nSPS) is 13.6. The number of benzene rings is 3. The number of aromatic hydroxyl groups is 2. The van der Waals surface area contributed by atoms with Crippen LogP contribution in [0.2, 0.25) is 65.0 Å². The Kier molecular flexibility index (Phi) is 14.8. The van der Waals surface area contributed by atoms with E-state index in [-0.39, 0.29) is 22.8 Å². The van der Waals surface area contributed by atoms with Crippen LogP contribution in [-0.4, -0.2) is 82.3 Å². The van der Waals surface area contributed by atoms with Gasteiger partial charge in [0.05, 0.1) is 19.8 Å². The van der Waals surface area contributed by atoms with Crippen molar-refractivity contribution in [2.45, 2.75) is 83.3 Å². The Morgan fingerprint density at radius 1 is 0.784 bits per heavy atom. The minimum atomic E-state index is -2.23. The summed E-state index contributed by atoms with van der Waals surface area (Å²) in [5.41, 5.74) is 0.903.